The summed E-state index contributed by atoms with van der Waals surface area (Å²) in [5.74, 6) is -1.66. The Morgan fingerprint density at radius 1 is 1.29 bits per heavy atom. The zero-order valence-electron chi connectivity index (χ0n) is 19.2. The fraction of sp³-hybridized carbons (Fsp3) is 0.478. The Bertz CT molecular complexity index is 1170. The van der Waals surface area contributed by atoms with Crippen LogP contribution in [0.2, 0.25) is 0 Å². The molecule has 1 aliphatic heterocycles. The summed E-state index contributed by atoms with van der Waals surface area (Å²) in [6.07, 6.45) is -3.50. The molecule has 2 aromatic rings. The molecule has 1 aromatic carbocycles. The Labute approximate surface area is 193 Å². The van der Waals surface area contributed by atoms with Gasteiger partial charge in [0.2, 0.25) is 0 Å². The topological polar surface area (TPSA) is 111 Å². The number of aromatic nitrogens is 2. The van der Waals surface area contributed by atoms with Crippen LogP contribution in [0, 0.1) is 0 Å². The highest BCUT2D eigenvalue weighted by atomic mass is 19.4. The maximum atomic E-state index is 13.1. The highest BCUT2D eigenvalue weighted by Gasteiger charge is 2.47. The van der Waals surface area contributed by atoms with Crippen LogP contribution in [0.3, 0.4) is 0 Å². The number of carbonyl (C=O) groups excluding carboxylic acids is 1. The van der Waals surface area contributed by atoms with E-state index >= 15 is 0 Å². The van der Waals surface area contributed by atoms with Crippen LogP contribution < -0.4 is 10.9 Å². The second-order valence-corrected chi connectivity index (χ2v) is 9.60. The maximum absolute atomic E-state index is 13.1. The maximum Gasteiger partial charge on any atom is 0.416 e. The van der Waals surface area contributed by atoms with Gasteiger partial charge in [0.1, 0.15) is 23.2 Å². The van der Waals surface area contributed by atoms with Gasteiger partial charge in [-0.25, -0.2) is 9.78 Å². The van der Waals surface area contributed by atoms with Crippen molar-refractivity contribution in [1.82, 2.24) is 9.55 Å². The Hall–Kier alpha value is -3.37. The summed E-state index contributed by atoms with van der Waals surface area (Å²) in [4.78, 5) is 41.7. The van der Waals surface area contributed by atoms with Crippen molar-refractivity contribution in [3.63, 3.8) is 0 Å². The number of esters is 1. The van der Waals surface area contributed by atoms with Gasteiger partial charge in [-0.05, 0) is 44.9 Å². The third kappa shape index (κ3) is 5.40. The van der Waals surface area contributed by atoms with E-state index in [1.807, 2.05) is 0 Å². The van der Waals surface area contributed by atoms with E-state index < -0.39 is 46.3 Å². The lowest BCUT2D eigenvalue weighted by Gasteiger charge is -2.25. The molecule has 0 spiro atoms. The summed E-state index contributed by atoms with van der Waals surface area (Å²) >= 11 is 0. The molecule has 11 heteroatoms. The molecular formula is C23H26F3N3O5. The number of alkyl halides is 3. The number of nitrogens with one attached hydrogen (secondary N) is 1. The molecule has 0 saturated carbocycles. The van der Waals surface area contributed by atoms with Gasteiger partial charge >= 0.3 is 18.1 Å². The fourth-order valence-electron chi connectivity index (χ4n) is 4.04. The number of anilines is 1. The van der Waals surface area contributed by atoms with Crippen molar-refractivity contribution in [2.45, 2.75) is 70.3 Å². The van der Waals surface area contributed by atoms with Crippen molar-refractivity contribution in [3.8, 4) is 0 Å². The van der Waals surface area contributed by atoms with Gasteiger partial charge in [-0.15, -0.1) is 0 Å². The number of ether oxygens (including phenoxy) is 1. The van der Waals surface area contributed by atoms with Crippen LogP contribution in [0.4, 0.5) is 18.9 Å². The molecular weight excluding hydrogens is 455 g/mol. The highest BCUT2D eigenvalue weighted by molar-refractivity contribution is 5.75. The number of rotatable bonds is 6. The zero-order valence-corrected chi connectivity index (χ0v) is 19.2. The van der Waals surface area contributed by atoms with Gasteiger partial charge in [-0.2, -0.15) is 13.2 Å². The van der Waals surface area contributed by atoms with E-state index in [1.54, 1.807) is 27.7 Å². The van der Waals surface area contributed by atoms with Crippen LogP contribution in [-0.4, -0.2) is 32.2 Å². The summed E-state index contributed by atoms with van der Waals surface area (Å²) in [5.41, 5.74) is -3.07. The number of halogens is 3. The second-order valence-electron chi connectivity index (χ2n) is 9.60. The molecule has 0 unspecified atom stereocenters. The number of carboxylic acids is 1. The van der Waals surface area contributed by atoms with E-state index in [4.69, 9.17) is 4.74 Å². The van der Waals surface area contributed by atoms with Gasteiger partial charge < -0.3 is 15.2 Å². The SMILES string of the molecule is CC(C)(C)OC(=O)C[C@@]1(C)C[C@@H](C(=O)O)n2c1ncc(NCc1cccc(C(F)(F)F)c1)c2=O. The predicted octanol–water partition coefficient (Wildman–Crippen LogP) is 3.89. The molecule has 1 aliphatic rings. The first-order valence-corrected chi connectivity index (χ1v) is 10.6. The third-order valence-corrected chi connectivity index (χ3v) is 5.47. The first-order valence-electron chi connectivity index (χ1n) is 10.6. The van der Waals surface area contributed by atoms with Crippen LogP contribution in [-0.2, 0) is 32.5 Å². The van der Waals surface area contributed by atoms with Crippen LogP contribution >= 0.6 is 0 Å². The van der Waals surface area contributed by atoms with E-state index in [0.717, 1.165) is 16.7 Å². The Kier molecular flexibility index (Phi) is 6.51. The van der Waals surface area contributed by atoms with Crippen molar-refractivity contribution in [3.05, 3.63) is 57.8 Å². The molecule has 0 aliphatic carbocycles. The standard InChI is InChI=1S/C23H26F3N3O5/c1-21(2,3)34-17(30)10-22(4)9-16(19(32)33)29-18(31)15(12-28-20(22)29)27-11-13-6-5-7-14(8-13)23(24,25)26/h5-8,12,16,27H,9-11H2,1-4H3,(H,32,33)/t16-,22+/m0/s1. The molecule has 2 N–H and O–H groups in total. The largest absolute Gasteiger partial charge is 0.480 e. The average Bonchev–Trinajstić information content (AvgIpc) is 2.99. The van der Waals surface area contributed by atoms with Crippen LogP contribution in [0.5, 0.6) is 0 Å². The van der Waals surface area contributed by atoms with Crippen molar-refractivity contribution >= 4 is 17.6 Å². The molecule has 8 nitrogen and oxygen atoms in total. The Morgan fingerprint density at radius 3 is 2.56 bits per heavy atom. The van der Waals surface area contributed by atoms with Crippen molar-refractivity contribution in [2.24, 2.45) is 0 Å². The molecule has 2 atom stereocenters. The smallest absolute Gasteiger partial charge is 0.416 e. The van der Waals surface area contributed by atoms with E-state index in [9.17, 15) is 32.7 Å². The van der Waals surface area contributed by atoms with Crippen molar-refractivity contribution in [1.29, 1.82) is 0 Å². The molecule has 34 heavy (non-hydrogen) atoms. The van der Waals surface area contributed by atoms with Crippen LogP contribution in [0.1, 0.15) is 63.5 Å². The van der Waals surface area contributed by atoms with Crippen LogP contribution in [0.25, 0.3) is 0 Å². The van der Waals surface area contributed by atoms with Gasteiger partial charge in [0.05, 0.1) is 18.2 Å². The second kappa shape index (κ2) is 8.77. The van der Waals surface area contributed by atoms with Gasteiger partial charge in [0.15, 0.2) is 0 Å². The minimum absolute atomic E-state index is 0.0408. The summed E-state index contributed by atoms with van der Waals surface area (Å²) < 4.78 is 45.2. The molecule has 0 amide bonds. The predicted molar refractivity (Wildman–Crippen MR) is 116 cm³/mol. The number of benzene rings is 1. The zero-order chi connectivity index (χ0) is 25.5. The number of carbonyl (C=O) groups is 2. The Morgan fingerprint density at radius 2 is 1.97 bits per heavy atom. The van der Waals surface area contributed by atoms with Crippen LogP contribution in [0.15, 0.2) is 35.3 Å². The monoisotopic (exact) mass is 481 g/mol. The number of carboxylic acid groups (broad SMARTS) is 1. The third-order valence-electron chi connectivity index (χ3n) is 5.47. The Balaban J connectivity index is 1.90. The summed E-state index contributed by atoms with van der Waals surface area (Å²) in [7, 11) is 0. The number of nitrogens with zero attached hydrogens (tertiary/aromatic N) is 2. The summed E-state index contributed by atoms with van der Waals surface area (Å²) in [6.45, 7) is 6.67. The fourth-order valence-corrected chi connectivity index (χ4v) is 4.04. The molecule has 2 heterocycles. The van der Waals surface area contributed by atoms with E-state index in [1.165, 1.54) is 18.3 Å². The molecule has 0 radical (unpaired) electrons. The molecule has 0 fully saturated rings. The number of fused-ring (bicyclic) bond motifs is 1. The van der Waals surface area contributed by atoms with Gasteiger partial charge in [0.25, 0.3) is 5.56 Å². The molecule has 184 valence electrons. The number of hydrogen-bond donors (Lipinski definition) is 2. The quantitative estimate of drug-likeness (QED) is 0.602. The van der Waals surface area contributed by atoms with Gasteiger partial charge in [-0.3, -0.25) is 14.2 Å². The normalized spacial score (nSPS) is 20.0. The lowest BCUT2D eigenvalue weighted by atomic mass is 9.83. The number of hydrogen-bond acceptors (Lipinski definition) is 6. The first kappa shape index (κ1) is 25.3. The molecule has 0 saturated heterocycles. The van der Waals surface area contributed by atoms with Crippen molar-refractivity contribution < 1.29 is 32.6 Å². The minimum atomic E-state index is -4.50. The average molecular weight is 481 g/mol. The first-order chi connectivity index (χ1) is 15.6. The van der Waals surface area contributed by atoms with E-state index in [-0.39, 0.29) is 36.5 Å². The molecule has 1 aromatic heterocycles. The molecule has 0 bridgehead atoms. The van der Waals surface area contributed by atoms with Gasteiger partial charge in [0, 0.05) is 12.0 Å². The van der Waals surface area contributed by atoms with Crippen molar-refractivity contribution in [2.75, 3.05) is 5.32 Å². The lowest BCUT2D eigenvalue weighted by Crippen LogP contribution is -2.32. The minimum Gasteiger partial charge on any atom is -0.480 e. The summed E-state index contributed by atoms with van der Waals surface area (Å²) in [6, 6.07) is 3.38. The number of aliphatic carboxylic acids is 1. The van der Waals surface area contributed by atoms with E-state index in [0.29, 0.717) is 0 Å². The summed E-state index contributed by atoms with van der Waals surface area (Å²) in [5, 5.41) is 12.5. The highest BCUT2D eigenvalue weighted by Crippen LogP contribution is 2.42. The lowest BCUT2D eigenvalue weighted by molar-refractivity contribution is -0.156. The van der Waals surface area contributed by atoms with Gasteiger partial charge in [-0.1, -0.05) is 19.1 Å². The molecule has 3 rings (SSSR count). The van der Waals surface area contributed by atoms with E-state index in [2.05, 4.69) is 10.3 Å².